The maximum atomic E-state index is 12.8. The van der Waals surface area contributed by atoms with Gasteiger partial charge in [0.15, 0.2) is 0 Å². The molecular formula is C23H22O5. The fraction of sp³-hybridized carbons (Fsp3) is 0.478. The van der Waals surface area contributed by atoms with Crippen LogP contribution in [0.1, 0.15) is 24.8 Å². The van der Waals surface area contributed by atoms with E-state index in [0.717, 1.165) is 30.4 Å². The summed E-state index contributed by atoms with van der Waals surface area (Å²) >= 11 is 0. The van der Waals surface area contributed by atoms with Crippen LogP contribution in [0.5, 0.6) is 0 Å². The van der Waals surface area contributed by atoms with Gasteiger partial charge in [0.25, 0.3) is 0 Å². The SMILES string of the molecule is COC(=O)C1=C(C(=O)OC)[C@H]2C(=Cc3ccccc3)[C@H]1[C@@]13O[C@@]21[C@H]1CC[C@H]3C1. The summed E-state index contributed by atoms with van der Waals surface area (Å²) < 4.78 is 16.8. The third-order valence-corrected chi connectivity index (χ3v) is 7.89. The zero-order valence-corrected chi connectivity index (χ0v) is 15.9. The second-order valence-electron chi connectivity index (χ2n) is 8.63. The predicted molar refractivity (Wildman–Crippen MR) is 99.8 cm³/mol. The maximum absolute atomic E-state index is 12.8. The second-order valence-corrected chi connectivity index (χ2v) is 8.63. The molecule has 5 nitrogen and oxygen atoms in total. The van der Waals surface area contributed by atoms with Gasteiger partial charge in [-0.15, -0.1) is 0 Å². The van der Waals surface area contributed by atoms with Crippen LogP contribution < -0.4 is 0 Å². The van der Waals surface area contributed by atoms with Crippen LogP contribution in [0.3, 0.4) is 0 Å². The topological polar surface area (TPSA) is 65.1 Å². The third kappa shape index (κ3) is 1.57. The summed E-state index contributed by atoms with van der Waals surface area (Å²) in [6.45, 7) is 0. The number of esters is 2. The number of benzene rings is 1. The highest BCUT2D eigenvalue weighted by Gasteiger charge is 2.94. The van der Waals surface area contributed by atoms with Crippen LogP contribution in [0.25, 0.3) is 6.08 Å². The van der Waals surface area contributed by atoms with E-state index < -0.39 is 11.9 Å². The first-order chi connectivity index (χ1) is 13.6. The Kier molecular flexibility index (Phi) is 3.04. The van der Waals surface area contributed by atoms with E-state index in [1.165, 1.54) is 14.2 Å². The maximum Gasteiger partial charge on any atom is 0.335 e. The minimum absolute atomic E-state index is 0.213. The van der Waals surface area contributed by atoms with E-state index in [1.54, 1.807) is 0 Å². The molecule has 5 aliphatic rings. The Labute approximate surface area is 163 Å². The van der Waals surface area contributed by atoms with Crippen molar-refractivity contribution in [2.75, 3.05) is 14.2 Å². The highest BCUT2D eigenvalue weighted by molar-refractivity contribution is 6.06. The number of hydrogen-bond acceptors (Lipinski definition) is 5. The highest BCUT2D eigenvalue weighted by Crippen LogP contribution is 2.86. The van der Waals surface area contributed by atoms with Gasteiger partial charge in [-0.05, 0) is 42.2 Å². The van der Waals surface area contributed by atoms with E-state index >= 15 is 0 Å². The van der Waals surface area contributed by atoms with Gasteiger partial charge < -0.3 is 14.2 Å². The van der Waals surface area contributed by atoms with E-state index in [-0.39, 0.29) is 23.0 Å². The van der Waals surface area contributed by atoms with Gasteiger partial charge >= 0.3 is 11.9 Å². The Morgan fingerprint density at radius 1 is 0.964 bits per heavy atom. The Morgan fingerprint density at radius 2 is 1.50 bits per heavy atom. The smallest absolute Gasteiger partial charge is 0.335 e. The lowest BCUT2D eigenvalue weighted by molar-refractivity contribution is -0.140. The van der Waals surface area contributed by atoms with Crippen molar-refractivity contribution in [2.24, 2.45) is 23.7 Å². The summed E-state index contributed by atoms with van der Waals surface area (Å²) in [6.07, 6.45) is 5.55. The summed E-state index contributed by atoms with van der Waals surface area (Å²) in [5.74, 6) is -0.401. The van der Waals surface area contributed by atoms with Crippen LogP contribution in [0.15, 0.2) is 47.1 Å². The van der Waals surface area contributed by atoms with Crippen molar-refractivity contribution in [2.45, 2.75) is 30.5 Å². The lowest BCUT2D eigenvalue weighted by atomic mass is 9.69. The minimum atomic E-state index is -0.437. The molecule has 0 N–H and O–H groups in total. The molecule has 144 valence electrons. The molecule has 4 fully saturated rings. The summed E-state index contributed by atoms with van der Waals surface area (Å²) in [6, 6.07) is 10.1. The molecule has 6 rings (SSSR count). The molecule has 1 aromatic rings. The molecule has 1 aliphatic heterocycles. The number of carbonyl (C=O) groups is 2. The number of carbonyl (C=O) groups excluding carboxylic acids is 2. The number of methoxy groups -OCH3 is 2. The summed E-state index contributed by atoms with van der Waals surface area (Å²) in [4.78, 5) is 25.6. The Balaban J connectivity index is 1.59. The fourth-order valence-corrected chi connectivity index (χ4v) is 7.18. The normalized spacial score (nSPS) is 42.6. The number of epoxide rings is 1. The van der Waals surface area contributed by atoms with Gasteiger partial charge in [0.05, 0.1) is 25.4 Å². The zero-order chi connectivity index (χ0) is 19.3. The van der Waals surface area contributed by atoms with Crippen molar-refractivity contribution in [1.29, 1.82) is 0 Å². The molecule has 0 amide bonds. The van der Waals surface area contributed by atoms with Crippen LogP contribution in [-0.4, -0.2) is 37.4 Å². The molecule has 1 saturated heterocycles. The van der Waals surface area contributed by atoms with Crippen LogP contribution >= 0.6 is 0 Å². The number of hydrogen-bond donors (Lipinski definition) is 0. The van der Waals surface area contributed by atoms with Crippen molar-refractivity contribution in [3.63, 3.8) is 0 Å². The van der Waals surface area contributed by atoms with E-state index in [9.17, 15) is 9.59 Å². The van der Waals surface area contributed by atoms with Crippen LogP contribution in [0.2, 0.25) is 0 Å². The first-order valence-electron chi connectivity index (χ1n) is 9.97. The molecule has 4 bridgehead atoms. The molecule has 1 heterocycles. The first kappa shape index (κ1) is 16.5. The van der Waals surface area contributed by atoms with Gasteiger partial charge in [-0.1, -0.05) is 36.4 Å². The Hall–Kier alpha value is -2.40. The average Bonchev–Trinajstić information content (AvgIpc) is 3.02. The number of fused-ring (bicyclic) bond motifs is 4. The molecule has 6 atom stereocenters. The molecule has 0 unspecified atom stereocenters. The quantitative estimate of drug-likeness (QED) is 0.598. The van der Waals surface area contributed by atoms with Crippen LogP contribution in [0, 0.1) is 23.7 Å². The van der Waals surface area contributed by atoms with Gasteiger partial charge in [-0.2, -0.15) is 0 Å². The number of ether oxygens (including phenoxy) is 3. The molecule has 5 heteroatoms. The van der Waals surface area contributed by atoms with Gasteiger partial charge in [-0.3, -0.25) is 0 Å². The molecular weight excluding hydrogens is 356 g/mol. The zero-order valence-electron chi connectivity index (χ0n) is 15.9. The van der Waals surface area contributed by atoms with Gasteiger partial charge in [0, 0.05) is 11.8 Å². The number of rotatable bonds is 3. The van der Waals surface area contributed by atoms with Gasteiger partial charge in [0.2, 0.25) is 0 Å². The fourth-order valence-electron chi connectivity index (χ4n) is 7.18. The standard InChI is InChI=1S/C23H22O5/c1-26-20(24)16-17(21(25)27-2)19-15(10-12-6-4-3-5-7-12)18(16)22-13-8-9-14(11-13)23(19,22)28-22/h3-7,10,13-14,18-19H,8-9,11H2,1-2H3/t13-,14-,18+,19+,22-,23+/m0/s1. The van der Waals surface area contributed by atoms with E-state index in [0.29, 0.717) is 23.0 Å². The minimum Gasteiger partial charge on any atom is -0.466 e. The molecule has 0 aromatic heterocycles. The summed E-state index contributed by atoms with van der Waals surface area (Å²) in [5.41, 5.74) is 2.45. The van der Waals surface area contributed by atoms with Crippen molar-refractivity contribution in [3.05, 3.63) is 52.6 Å². The predicted octanol–water partition coefficient (Wildman–Crippen LogP) is 2.91. The van der Waals surface area contributed by atoms with Crippen LogP contribution in [-0.2, 0) is 23.8 Å². The lowest BCUT2D eigenvalue weighted by Crippen LogP contribution is -2.42. The largest absolute Gasteiger partial charge is 0.466 e. The van der Waals surface area contributed by atoms with Gasteiger partial charge in [0.1, 0.15) is 11.2 Å². The molecule has 0 radical (unpaired) electrons. The summed E-state index contributed by atoms with van der Waals surface area (Å²) in [7, 11) is 2.74. The Morgan fingerprint density at radius 3 is 2.00 bits per heavy atom. The monoisotopic (exact) mass is 378 g/mol. The average molecular weight is 378 g/mol. The van der Waals surface area contributed by atoms with Crippen molar-refractivity contribution in [3.8, 4) is 0 Å². The molecule has 3 saturated carbocycles. The third-order valence-electron chi connectivity index (χ3n) is 7.89. The molecule has 1 aromatic carbocycles. The van der Waals surface area contributed by atoms with Crippen molar-refractivity contribution >= 4 is 18.0 Å². The van der Waals surface area contributed by atoms with Crippen molar-refractivity contribution < 1.29 is 23.8 Å². The highest BCUT2D eigenvalue weighted by atomic mass is 16.6. The first-order valence-corrected chi connectivity index (χ1v) is 9.97. The summed E-state index contributed by atoms with van der Waals surface area (Å²) in [5, 5.41) is 0. The van der Waals surface area contributed by atoms with Gasteiger partial charge in [-0.25, -0.2) is 9.59 Å². The van der Waals surface area contributed by atoms with E-state index in [4.69, 9.17) is 14.2 Å². The second kappa shape index (κ2) is 5.15. The Bertz CT molecular complexity index is 922. The van der Waals surface area contributed by atoms with Crippen LogP contribution in [0.4, 0.5) is 0 Å². The molecule has 28 heavy (non-hydrogen) atoms. The van der Waals surface area contributed by atoms with E-state index in [2.05, 4.69) is 6.08 Å². The molecule has 4 aliphatic carbocycles. The molecule has 0 spiro atoms. The lowest BCUT2D eigenvalue weighted by Gasteiger charge is -2.29. The van der Waals surface area contributed by atoms with E-state index in [1.807, 2.05) is 30.3 Å². The van der Waals surface area contributed by atoms with Crippen molar-refractivity contribution in [1.82, 2.24) is 0 Å².